The molecule has 1 amide bonds. The Morgan fingerprint density at radius 3 is 2.77 bits per heavy atom. The maximum atomic E-state index is 12.1. The summed E-state index contributed by atoms with van der Waals surface area (Å²) in [4.78, 5) is 25.8. The standard InChI is InChI=1S/C20H17BrN2O3/c21-14-7-8-15-13(10-20(25)26-18(15)11-14)12-22-16-4-1-2-5-17(16)23-9-3-6-19(23)24/h1-2,4-5,7-8,10-11,22H,3,6,9,12H2. The van der Waals surface area contributed by atoms with E-state index >= 15 is 0 Å². The summed E-state index contributed by atoms with van der Waals surface area (Å²) in [6, 6.07) is 14.9. The topological polar surface area (TPSA) is 62.6 Å². The highest BCUT2D eigenvalue weighted by Gasteiger charge is 2.23. The molecule has 2 aromatic carbocycles. The van der Waals surface area contributed by atoms with E-state index in [2.05, 4.69) is 21.2 Å². The maximum absolute atomic E-state index is 12.1. The lowest BCUT2D eigenvalue weighted by molar-refractivity contribution is -0.117. The van der Waals surface area contributed by atoms with Crippen molar-refractivity contribution in [3.63, 3.8) is 0 Å². The third-order valence-electron chi connectivity index (χ3n) is 4.53. The Labute approximate surface area is 158 Å². The van der Waals surface area contributed by atoms with Gasteiger partial charge in [-0.2, -0.15) is 0 Å². The fourth-order valence-corrected chi connectivity index (χ4v) is 3.64. The number of amides is 1. The first-order valence-corrected chi connectivity index (χ1v) is 9.27. The first kappa shape index (κ1) is 16.8. The van der Waals surface area contributed by atoms with E-state index in [4.69, 9.17) is 4.42 Å². The molecule has 0 bridgehead atoms. The highest BCUT2D eigenvalue weighted by molar-refractivity contribution is 9.10. The van der Waals surface area contributed by atoms with Crippen LogP contribution in [-0.2, 0) is 11.3 Å². The van der Waals surface area contributed by atoms with Crippen LogP contribution in [0.2, 0.25) is 0 Å². The SMILES string of the molecule is O=C1CCCN1c1ccccc1NCc1cc(=O)oc2cc(Br)ccc12. The van der Waals surface area contributed by atoms with Crippen LogP contribution in [0, 0.1) is 0 Å². The van der Waals surface area contributed by atoms with E-state index in [0.29, 0.717) is 18.5 Å². The number of hydrogen-bond donors (Lipinski definition) is 1. The van der Waals surface area contributed by atoms with Gasteiger partial charge in [-0.25, -0.2) is 4.79 Å². The lowest BCUT2D eigenvalue weighted by atomic mass is 10.1. The molecule has 0 spiro atoms. The number of carbonyl (C=O) groups is 1. The van der Waals surface area contributed by atoms with Crippen LogP contribution in [0.5, 0.6) is 0 Å². The van der Waals surface area contributed by atoms with Crippen molar-refractivity contribution in [3.05, 3.63) is 69.0 Å². The number of nitrogens with zero attached hydrogens (tertiary/aromatic N) is 1. The monoisotopic (exact) mass is 412 g/mol. The van der Waals surface area contributed by atoms with Gasteiger partial charge in [0.15, 0.2) is 0 Å². The van der Waals surface area contributed by atoms with Crippen LogP contribution < -0.4 is 15.8 Å². The van der Waals surface area contributed by atoms with Crippen molar-refractivity contribution in [2.45, 2.75) is 19.4 Å². The lowest BCUT2D eigenvalue weighted by Crippen LogP contribution is -2.24. The fourth-order valence-electron chi connectivity index (χ4n) is 3.30. The molecule has 1 saturated heterocycles. The van der Waals surface area contributed by atoms with Crippen molar-refractivity contribution in [3.8, 4) is 0 Å². The summed E-state index contributed by atoms with van der Waals surface area (Å²) in [6.45, 7) is 1.20. The summed E-state index contributed by atoms with van der Waals surface area (Å²) in [5.74, 6) is 0.148. The Morgan fingerprint density at radius 1 is 1.12 bits per heavy atom. The van der Waals surface area contributed by atoms with Crippen LogP contribution in [0.1, 0.15) is 18.4 Å². The number of halogens is 1. The van der Waals surface area contributed by atoms with Gasteiger partial charge < -0.3 is 14.6 Å². The number of anilines is 2. The quantitative estimate of drug-likeness (QED) is 0.649. The van der Waals surface area contributed by atoms with Crippen LogP contribution in [0.3, 0.4) is 0 Å². The second-order valence-corrected chi connectivity index (χ2v) is 7.17. The summed E-state index contributed by atoms with van der Waals surface area (Å²) in [5, 5.41) is 4.26. The summed E-state index contributed by atoms with van der Waals surface area (Å²) < 4.78 is 6.15. The summed E-state index contributed by atoms with van der Waals surface area (Å²) in [5.41, 5.74) is 2.78. The third kappa shape index (κ3) is 3.24. The van der Waals surface area contributed by atoms with Gasteiger partial charge in [-0.1, -0.05) is 28.1 Å². The van der Waals surface area contributed by atoms with E-state index in [-0.39, 0.29) is 11.5 Å². The first-order chi connectivity index (χ1) is 12.6. The molecule has 26 heavy (non-hydrogen) atoms. The molecule has 5 nitrogen and oxygen atoms in total. The van der Waals surface area contributed by atoms with E-state index in [9.17, 15) is 9.59 Å². The maximum Gasteiger partial charge on any atom is 0.336 e. The Kier molecular flexibility index (Phi) is 4.51. The first-order valence-electron chi connectivity index (χ1n) is 8.47. The summed E-state index contributed by atoms with van der Waals surface area (Å²) in [6.07, 6.45) is 1.47. The number of carbonyl (C=O) groups excluding carboxylic acids is 1. The molecule has 132 valence electrons. The molecule has 0 radical (unpaired) electrons. The van der Waals surface area contributed by atoms with Gasteiger partial charge in [0.2, 0.25) is 5.91 Å². The summed E-state index contributed by atoms with van der Waals surface area (Å²) in [7, 11) is 0. The van der Waals surface area contributed by atoms with Crippen molar-refractivity contribution in [1.82, 2.24) is 0 Å². The molecule has 1 aromatic heterocycles. The van der Waals surface area contributed by atoms with Gasteiger partial charge in [0.05, 0.1) is 11.4 Å². The van der Waals surface area contributed by atoms with E-state index in [1.165, 1.54) is 6.07 Å². The van der Waals surface area contributed by atoms with E-state index in [1.54, 1.807) is 6.07 Å². The number of nitrogens with one attached hydrogen (secondary N) is 1. The van der Waals surface area contributed by atoms with Gasteiger partial charge in [-0.15, -0.1) is 0 Å². The molecule has 1 N–H and O–H groups in total. The number of hydrogen-bond acceptors (Lipinski definition) is 4. The third-order valence-corrected chi connectivity index (χ3v) is 5.02. The van der Waals surface area contributed by atoms with E-state index < -0.39 is 0 Å². The number of fused-ring (bicyclic) bond motifs is 1. The second kappa shape index (κ2) is 6.96. The van der Waals surface area contributed by atoms with Crippen molar-refractivity contribution < 1.29 is 9.21 Å². The van der Waals surface area contributed by atoms with Crippen molar-refractivity contribution in [2.75, 3.05) is 16.8 Å². The van der Waals surface area contributed by atoms with Crippen molar-refractivity contribution in [2.24, 2.45) is 0 Å². The minimum Gasteiger partial charge on any atom is -0.423 e. The fraction of sp³-hybridized carbons (Fsp3) is 0.200. The molecule has 1 fully saturated rings. The Morgan fingerprint density at radius 2 is 1.96 bits per heavy atom. The zero-order valence-electron chi connectivity index (χ0n) is 14.0. The van der Waals surface area contributed by atoms with Gasteiger partial charge >= 0.3 is 5.63 Å². The molecule has 6 heteroatoms. The van der Waals surface area contributed by atoms with Crippen LogP contribution in [0.25, 0.3) is 11.0 Å². The molecule has 3 aromatic rings. The Hall–Kier alpha value is -2.60. The molecule has 1 aliphatic heterocycles. The zero-order valence-corrected chi connectivity index (χ0v) is 15.6. The predicted octanol–water partition coefficient (Wildman–Crippen LogP) is 4.29. The summed E-state index contributed by atoms with van der Waals surface area (Å²) >= 11 is 3.39. The molecular formula is C20H17BrN2O3. The van der Waals surface area contributed by atoms with E-state index in [0.717, 1.165) is 39.8 Å². The molecule has 2 heterocycles. The van der Waals surface area contributed by atoms with Crippen LogP contribution in [0.15, 0.2) is 62.2 Å². The minimum atomic E-state index is -0.379. The number of para-hydroxylation sites is 2. The van der Waals surface area contributed by atoms with E-state index in [1.807, 2.05) is 41.3 Å². The largest absolute Gasteiger partial charge is 0.423 e. The van der Waals surface area contributed by atoms with Crippen molar-refractivity contribution >= 4 is 44.2 Å². The Bertz CT molecular complexity index is 1040. The number of benzene rings is 2. The van der Waals surface area contributed by atoms with Crippen LogP contribution in [-0.4, -0.2) is 12.5 Å². The predicted molar refractivity (Wildman–Crippen MR) is 106 cm³/mol. The van der Waals surface area contributed by atoms with Gasteiger partial charge in [-0.05, 0) is 42.3 Å². The molecule has 0 aliphatic carbocycles. The zero-order chi connectivity index (χ0) is 18.1. The van der Waals surface area contributed by atoms with Crippen LogP contribution in [0.4, 0.5) is 11.4 Å². The van der Waals surface area contributed by atoms with Gasteiger partial charge in [0, 0.05) is 35.4 Å². The molecule has 0 saturated carbocycles. The lowest BCUT2D eigenvalue weighted by Gasteiger charge is -2.20. The normalized spacial score (nSPS) is 14.2. The average molecular weight is 413 g/mol. The van der Waals surface area contributed by atoms with Gasteiger partial charge in [0.25, 0.3) is 0 Å². The second-order valence-electron chi connectivity index (χ2n) is 6.25. The van der Waals surface area contributed by atoms with Gasteiger partial charge in [0.1, 0.15) is 5.58 Å². The molecule has 1 aliphatic rings. The van der Waals surface area contributed by atoms with Gasteiger partial charge in [-0.3, -0.25) is 4.79 Å². The minimum absolute atomic E-state index is 0.148. The Balaban J connectivity index is 1.65. The average Bonchev–Trinajstić information content (AvgIpc) is 3.05. The smallest absolute Gasteiger partial charge is 0.336 e. The number of rotatable bonds is 4. The highest BCUT2D eigenvalue weighted by atomic mass is 79.9. The van der Waals surface area contributed by atoms with Crippen LogP contribution >= 0.6 is 15.9 Å². The molecule has 4 rings (SSSR count). The highest BCUT2D eigenvalue weighted by Crippen LogP contribution is 2.30. The molecular weight excluding hydrogens is 396 g/mol. The molecule has 0 unspecified atom stereocenters. The van der Waals surface area contributed by atoms with Crippen molar-refractivity contribution in [1.29, 1.82) is 0 Å². The molecule has 0 atom stereocenters.